The molecular weight excluding hydrogens is 208 g/mol. The molecule has 0 saturated carbocycles. The van der Waals surface area contributed by atoms with Crippen molar-refractivity contribution in [3.8, 4) is 0 Å². The van der Waals surface area contributed by atoms with Crippen LogP contribution < -0.4 is 5.48 Å². The molecule has 5 nitrogen and oxygen atoms in total. The molecule has 84 valence electrons. The van der Waals surface area contributed by atoms with Crippen LogP contribution in [0.25, 0.3) is 0 Å². The lowest BCUT2D eigenvalue weighted by Gasteiger charge is -2.25. The van der Waals surface area contributed by atoms with Crippen LogP contribution in [0.3, 0.4) is 0 Å². The summed E-state index contributed by atoms with van der Waals surface area (Å²) in [5, 5.41) is 8.52. The van der Waals surface area contributed by atoms with Gasteiger partial charge in [0.2, 0.25) is 6.41 Å². The van der Waals surface area contributed by atoms with E-state index in [1.54, 1.807) is 22.5 Å². The van der Waals surface area contributed by atoms with Crippen molar-refractivity contribution in [3.05, 3.63) is 34.9 Å². The Kier molecular flexibility index (Phi) is 2.87. The van der Waals surface area contributed by atoms with Crippen LogP contribution in [-0.2, 0) is 17.8 Å². The van der Waals surface area contributed by atoms with Crippen molar-refractivity contribution in [2.24, 2.45) is 0 Å². The molecule has 0 saturated heterocycles. The zero-order valence-electron chi connectivity index (χ0n) is 8.64. The number of nitrogens with zero attached hydrogens (tertiary/aromatic N) is 1. The van der Waals surface area contributed by atoms with Crippen molar-refractivity contribution < 1.29 is 14.8 Å². The molecule has 5 heteroatoms. The van der Waals surface area contributed by atoms with Crippen molar-refractivity contribution >= 4 is 12.3 Å². The molecule has 0 aliphatic carbocycles. The van der Waals surface area contributed by atoms with Gasteiger partial charge in [0, 0.05) is 18.7 Å². The third-order valence-corrected chi connectivity index (χ3v) is 2.76. The van der Waals surface area contributed by atoms with Gasteiger partial charge in [-0.2, -0.15) is 0 Å². The average molecular weight is 220 g/mol. The number of carbonyl (C=O) groups is 2. The fraction of sp³-hybridized carbons (Fsp3) is 0.273. The lowest BCUT2D eigenvalue weighted by molar-refractivity contribution is -0.118. The molecule has 0 atom stereocenters. The average Bonchev–Trinajstić information content (AvgIpc) is 2.36. The van der Waals surface area contributed by atoms with E-state index in [1.165, 1.54) is 0 Å². The summed E-state index contributed by atoms with van der Waals surface area (Å²) in [6, 6.07) is 5.24. The molecule has 2 N–H and O–H groups in total. The third-order valence-electron chi connectivity index (χ3n) is 2.76. The summed E-state index contributed by atoms with van der Waals surface area (Å²) in [5.74, 6) is -0.536. The molecule has 0 spiro atoms. The van der Waals surface area contributed by atoms with Gasteiger partial charge in [0.05, 0.1) is 0 Å². The summed E-state index contributed by atoms with van der Waals surface area (Å²) in [5.41, 5.74) is 4.09. The molecule has 0 radical (unpaired) electrons. The molecule has 2 rings (SSSR count). The van der Waals surface area contributed by atoms with E-state index < -0.39 is 5.91 Å². The Hall–Kier alpha value is -1.88. The van der Waals surface area contributed by atoms with E-state index in [0.717, 1.165) is 24.0 Å². The van der Waals surface area contributed by atoms with Crippen LogP contribution in [0, 0.1) is 0 Å². The van der Waals surface area contributed by atoms with Crippen molar-refractivity contribution in [1.29, 1.82) is 0 Å². The Morgan fingerprint density at radius 1 is 1.44 bits per heavy atom. The lowest BCUT2D eigenvalue weighted by Crippen LogP contribution is -2.29. The smallest absolute Gasteiger partial charge is 0.274 e. The van der Waals surface area contributed by atoms with E-state index in [9.17, 15) is 9.59 Å². The number of carbonyl (C=O) groups excluding carboxylic acids is 2. The van der Waals surface area contributed by atoms with Gasteiger partial charge in [0.25, 0.3) is 5.91 Å². The topological polar surface area (TPSA) is 69.6 Å². The fourth-order valence-corrected chi connectivity index (χ4v) is 1.87. The first-order chi connectivity index (χ1) is 7.74. The van der Waals surface area contributed by atoms with Crippen LogP contribution in [0.5, 0.6) is 0 Å². The highest BCUT2D eigenvalue weighted by Gasteiger charge is 2.16. The van der Waals surface area contributed by atoms with Gasteiger partial charge >= 0.3 is 0 Å². The Morgan fingerprint density at radius 3 is 2.94 bits per heavy atom. The Morgan fingerprint density at radius 2 is 2.25 bits per heavy atom. The quantitative estimate of drug-likeness (QED) is 0.428. The van der Waals surface area contributed by atoms with Gasteiger partial charge in [-0.15, -0.1) is 0 Å². The van der Waals surface area contributed by atoms with E-state index in [2.05, 4.69) is 0 Å². The van der Waals surface area contributed by atoms with Gasteiger partial charge in [-0.05, 0) is 29.7 Å². The largest absolute Gasteiger partial charge is 0.341 e. The standard InChI is InChI=1S/C11H12N2O3/c14-7-13-4-3-8-1-2-9(11(15)12-16)5-10(8)6-13/h1-2,5,7,16H,3-4,6H2,(H,12,15). The molecule has 2 amide bonds. The zero-order chi connectivity index (χ0) is 11.5. The molecule has 16 heavy (non-hydrogen) atoms. The summed E-state index contributed by atoms with van der Waals surface area (Å²) in [4.78, 5) is 23.5. The predicted octanol–water partition coefficient (Wildman–Crippen LogP) is 0.320. The summed E-state index contributed by atoms with van der Waals surface area (Å²) >= 11 is 0. The van der Waals surface area contributed by atoms with Crippen LogP contribution in [0.1, 0.15) is 21.5 Å². The van der Waals surface area contributed by atoms with Gasteiger partial charge < -0.3 is 4.90 Å². The molecule has 0 unspecified atom stereocenters. The van der Waals surface area contributed by atoms with Gasteiger partial charge in [0.15, 0.2) is 0 Å². The van der Waals surface area contributed by atoms with Crippen LogP contribution >= 0.6 is 0 Å². The normalized spacial score (nSPS) is 14.2. The van der Waals surface area contributed by atoms with E-state index in [4.69, 9.17) is 5.21 Å². The van der Waals surface area contributed by atoms with Crippen molar-refractivity contribution in [3.63, 3.8) is 0 Å². The molecule has 0 aromatic heterocycles. The first-order valence-electron chi connectivity index (χ1n) is 5.00. The lowest BCUT2D eigenvalue weighted by atomic mass is 9.97. The number of hydroxylamine groups is 1. The Labute approximate surface area is 92.6 Å². The zero-order valence-corrected chi connectivity index (χ0v) is 8.64. The molecular formula is C11H12N2O3. The Balaban J connectivity index is 2.30. The molecule has 1 aliphatic heterocycles. The maximum atomic E-state index is 11.2. The van der Waals surface area contributed by atoms with Crippen LogP contribution in [0.2, 0.25) is 0 Å². The van der Waals surface area contributed by atoms with Crippen LogP contribution in [0.4, 0.5) is 0 Å². The second kappa shape index (κ2) is 4.32. The number of nitrogens with one attached hydrogen (secondary N) is 1. The van der Waals surface area contributed by atoms with Crippen LogP contribution in [0.15, 0.2) is 18.2 Å². The summed E-state index contributed by atoms with van der Waals surface area (Å²) in [7, 11) is 0. The molecule has 1 aromatic rings. The Bertz CT molecular complexity index is 431. The van der Waals surface area contributed by atoms with Crippen molar-refractivity contribution in [2.75, 3.05) is 6.54 Å². The second-order valence-electron chi connectivity index (χ2n) is 3.75. The molecule has 1 aromatic carbocycles. The highest BCUT2D eigenvalue weighted by Crippen LogP contribution is 2.19. The van der Waals surface area contributed by atoms with E-state index in [1.807, 2.05) is 6.07 Å². The van der Waals surface area contributed by atoms with Crippen LogP contribution in [-0.4, -0.2) is 29.0 Å². The van der Waals surface area contributed by atoms with E-state index in [-0.39, 0.29) is 0 Å². The molecule has 1 aliphatic rings. The summed E-state index contributed by atoms with van der Waals surface area (Å²) in [6.45, 7) is 1.23. The third kappa shape index (κ3) is 1.90. The molecule has 1 heterocycles. The number of amides is 2. The minimum atomic E-state index is -0.536. The van der Waals surface area contributed by atoms with E-state index >= 15 is 0 Å². The second-order valence-corrected chi connectivity index (χ2v) is 3.75. The number of hydrogen-bond acceptors (Lipinski definition) is 3. The van der Waals surface area contributed by atoms with Gasteiger partial charge in [-0.25, -0.2) is 5.48 Å². The minimum absolute atomic E-state index is 0.397. The van der Waals surface area contributed by atoms with Crippen molar-refractivity contribution in [1.82, 2.24) is 10.4 Å². The maximum absolute atomic E-state index is 11.2. The van der Waals surface area contributed by atoms with E-state index in [0.29, 0.717) is 18.7 Å². The van der Waals surface area contributed by atoms with Gasteiger partial charge in [0.1, 0.15) is 0 Å². The first kappa shape index (κ1) is 10.6. The number of hydrogen-bond donors (Lipinski definition) is 2. The molecule has 0 fully saturated rings. The molecule has 0 bridgehead atoms. The summed E-state index contributed by atoms with van der Waals surface area (Å²) in [6.07, 6.45) is 1.61. The van der Waals surface area contributed by atoms with Crippen molar-refractivity contribution in [2.45, 2.75) is 13.0 Å². The highest BCUT2D eigenvalue weighted by atomic mass is 16.5. The first-order valence-corrected chi connectivity index (χ1v) is 5.00. The summed E-state index contributed by atoms with van der Waals surface area (Å²) < 4.78 is 0. The highest BCUT2D eigenvalue weighted by molar-refractivity contribution is 5.93. The fourth-order valence-electron chi connectivity index (χ4n) is 1.87. The van der Waals surface area contributed by atoms with Gasteiger partial charge in [-0.3, -0.25) is 14.8 Å². The number of benzene rings is 1. The predicted molar refractivity (Wildman–Crippen MR) is 55.9 cm³/mol. The minimum Gasteiger partial charge on any atom is -0.341 e. The SMILES string of the molecule is O=CN1CCc2ccc(C(=O)NO)cc2C1. The van der Waals surface area contributed by atoms with Gasteiger partial charge in [-0.1, -0.05) is 6.07 Å². The number of fused-ring (bicyclic) bond motifs is 1. The monoisotopic (exact) mass is 220 g/mol. The maximum Gasteiger partial charge on any atom is 0.274 e. The number of rotatable bonds is 2.